The molecule has 0 aliphatic carbocycles. The summed E-state index contributed by atoms with van der Waals surface area (Å²) in [5, 5.41) is 0. The monoisotopic (exact) mass is 248 g/mol. The van der Waals surface area contributed by atoms with Gasteiger partial charge in [0.1, 0.15) is 12.4 Å². The van der Waals surface area contributed by atoms with Crippen molar-refractivity contribution in [3.05, 3.63) is 29.8 Å². The number of likely N-dealkylation sites (tertiary alicyclic amines) is 1. The van der Waals surface area contributed by atoms with Crippen molar-refractivity contribution in [3.8, 4) is 5.75 Å². The van der Waals surface area contributed by atoms with Crippen LogP contribution in [0, 0.1) is 0 Å². The zero-order valence-electron chi connectivity index (χ0n) is 11.4. The fourth-order valence-corrected chi connectivity index (χ4v) is 2.53. The summed E-state index contributed by atoms with van der Waals surface area (Å²) in [6, 6.07) is 8.64. The van der Waals surface area contributed by atoms with Gasteiger partial charge in [-0.3, -0.25) is 0 Å². The number of benzene rings is 1. The Morgan fingerprint density at radius 1 is 1.39 bits per heavy atom. The first-order chi connectivity index (χ1) is 8.68. The Hall–Kier alpha value is -1.06. The van der Waals surface area contributed by atoms with Gasteiger partial charge < -0.3 is 15.4 Å². The summed E-state index contributed by atoms with van der Waals surface area (Å²) < 4.78 is 5.99. The second-order valence-corrected chi connectivity index (χ2v) is 5.27. The Morgan fingerprint density at radius 2 is 2.17 bits per heavy atom. The molecule has 2 N–H and O–H groups in total. The van der Waals surface area contributed by atoms with E-state index in [1.165, 1.54) is 25.8 Å². The molecule has 1 aliphatic heterocycles. The maximum Gasteiger partial charge on any atom is 0.124 e. The van der Waals surface area contributed by atoms with Gasteiger partial charge in [0.25, 0.3) is 0 Å². The lowest BCUT2D eigenvalue weighted by Crippen LogP contribution is -2.40. The lowest BCUT2D eigenvalue weighted by atomic mass is 10.0. The first kappa shape index (κ1) is 13.4. The third-order valence-electron chi connectivity index (χ3n) is 3.76. The summed E-state index contributed by atoms with van der Waals surface area (Å²) in [4.78, 5) is 2.40. The normalized spacial score (nSPS) is 22.7. The molecule has 1 fully saturated rings. The maximum atomic E-state index is 5.99. The number of likely N-dealkylation sites (N-methyl/N-ethyl adjacent to an activating group) is 1. The van der Waals surface area contributed by atoms with Crippen molar-refractivity contribution < 1.29 is 4.74 Å². The van der Waals surface area contributed by atoms with E-state index in [1.54, 1.807) is 0 Å². The van der Waals surface area contributed by atoms with Gasteiger partial charge in [-0.1, -0.05) is 24.6 Å². The number of hydrogen-bond donors (Lipinski definition) is 1. The molecule has 2 atom stereocenters. The summed E-state index contributed by atoms with van der Waals surface area (Å²) in [5.74, 6) is 0.937. The van der Waals surface area contributed by atoms with E-state index in [4.69, 9.17) is 10.5 Å². The number of rotatable bonds is 4. The number of nitrogens with two attached hydrogens (primary N) is 1. The van der Waals surface area contributed by atoms with Crippen LogP contribution in [0.3, 0.4) is 0 Å². The number of nitrogens with zero attached hydrogens (tertiary/aromatic N) is 1. The van der Waals surface area contributed by atoms with Gasteiger partial charge in [0, 0.05) is 17.6 Å². The van der Waals surface area contributed by atoms with Crippen molar-refractivity contribution >= 4 is 0 Å². The first-order valence-electron chi connectivity index (χ1n) is 6.86. The third kappa shape index (κ3) is 3.24. The van der Waals surface area contributed by atoms with Crippen LogP contribution >= 0.6 is 0 Å². The molecule has 1 aromatic carbocycles. The Kier molecular flexibility index (Phi) is 4.61. The van der Waals surface area contributed by atoms with E-state index < -0.39 is 0 Å². The highest BCUT2D eigenvalue weighted by Gasteiger charge is 2.19. The van der Waals surface area contributed by atoms with E-state index in [9.17, 15) is 0 Å². The SMILES string of the molecule is C[C@@H](N)c1ccccc1OCC1CCCCN1C. The molecule has 0 amide bonds. The lowest BCUT2D eigenvalue weighted by molar-refractivity contribution is 0.124. The second kappa shape index (κ2) is 6.21. The van der Waals surface area contributed by atoms with Gasteiger partial charge in [-0.25, -0.2) is 0 Å². The summed E-state index contributed by atoms with van der Waals surface area (Å²) in [6.45, 7) is 3.94. The molecular formula is C15H24N2O. The van der Waals surface area contributed by atoms with Crippen LogP contribution in [0.5, 0.6) is 5.75 Å². The van der Waals surface area contributed by atoms with Crippen molar-refractivity contribution in [2.24, 2.45) is 5.73 Å². The molecule has 1 heterocycles. The van der Waals surface area contributed by atoms with Gasteiger partial charge in [0.05, 0.1) is 0 Å². The third-order valence-corrected chi connectivity index (χ3v) is 3.76. The fourth-order valence-electron chi connectivity index (χ4n) is 2.53. The summed E-state index contributed by atoms with van der Waals surface area (Å²) >= 11 is 0. The van der Waals surface area contributed by atoms with Crippen molar-refractivity contribution in [1.29, 1.82) is 0 Å². The molecule has 0 spiro atoms. The van der Waals surface area contributed by atoms with Crippen molar-refractivity contribution in [3.63, 3.8) is 0 Å². The smallest absolute Gasteiger partial charge is 0.124 e. The van der Waals surface area contributed by atoms with Gasteiger partial charge >= 0.3 is 0 Å². The topological polar surface area (TPSA) is 38.5 Å². The summed E-state index contributed by atoms with van der Waals surface area (Å²) in [7, 11) is 2.19. The average Bonchev–Trinajstić information content (AvgIpc) is 2.38. The van der Waals surface area contributed by atoms with Gasteiger partial charge in [0.2, 0.25) is 0 Å². The highest BCUT2D eigenvalue weighted by Crippen LogP contribution is 2.24. The molecule has 1 saturated heterocycles. The zero-order valence-corrected chi connectivity index (χ0v) is 11.4. The molecular weight excluding hydrogens is 224 g/mol. The molecule has 0 aromatic heterocycles. The van der Waals surface area contributed by atoms with Crippen LogP contribution in [0.25, 0.3) is 0 Å². The van der Waals surface area contributed by atoms with Gasteiger partial charge in [-0.2, -0.15) is 0 Å². The predicted molar refractivity (Wildman–Crippen MR) is 74.8 cm³/mol. The lowest BCUT2D eigenvalue weighted by Gasteiger charge is -2.32. The Morgan fingerprint density at radius 3 is 2.89 bits per heavy atom. The fraction of sp³-hybridized carbons (Fsp3) is 0.600. The number of ether oxygens (including phenoxy) is 1. The molecule has 1 aliphatic rings. The van der Waals surface area contributed by atoms with Crippen LogP contribution in [-0.2, 0) is 0 Å². The van der Waals surface area contributed by atoms with E-state index in [0.29, 0.717) is 6.04 Å². The van der Waals surface area contributed by atoms with E-state index in [-0.39, 0.29) is 6.04 Å². The largest absolute Gasteiger partial charge is 0.492 e. The van der Waals surface area contributed by atoms with Crippen LogP contribution in [0.1, 0.15) is 37.8 Å². The Balaban J connectivity index is 1.97. The van der Waals surface area contributed by atoms with Gasteiger partial charge in [0.15, 0.2) is 0 Å². The Labute approximate surface area is 110 Å². The highest BCUT2D eigenvalue weighted by atomic mass is 16.5. The Bertz CT molecular complexity index is 379. The molecule has 0 bridgehead atoms. The molecule has 2 rings (SSSR count). The van der Waals surface area contributed by atoms with Crippen LogP contribution in [-0.4, -0.2) is 31.1 Å². The molecule has 100 valence electrons. The number of piperidine rings is 1. The quantitative estimate of drug-likeness (QED) is 0.890. The van der Waals surface area contributed by atoms with Gasteiger partial charge in [-0.05, 0) is 39.4 Å². The van der Waals surface area contributed by atoms with E-state index in [0.717, 1.165) is 17.9 Å². The zero-order chi connectivity index (χ0) is 13.0. The molecule has 18 heavy (non-hydrogen) atoms. The van der Waals surface area contributed by atoms with Crippen molar-refractivity contribution in [2.75, 3.05) is 20.2 Å². The predicted octanol–water partition coefficient (Wildman–Crippen LogP) is 2.57. The molecule has 0 saturated carbocycles. The minimum Gasteiger partial charge on any atom is -0.492 e. The minimum absolute atomic E-state index is 0.0188. The molecule has 1 aromatic rings. The van der Waals surface area contributed by atoms with Crippen molar-refractivity contribution in [1.82, 2.24) is 4.90 Å². The number of para-hydroxylation sites is 1. The van der Waals surface area contributed by atoms with Crippen LogP contribution in [0.4, 0.5) is 0 Å². The minimum atomic E-state index is 0.0188. The molecule has 3 nitrogen and oxygen atoms in total. The van der Waals surface area contributed by atoms with Crippen LogP contribution < -0.4 is 10.5 Å². The average molecular weight is 248 g/mol. The van der Waals surface area contributed by atoms with Gasteiger partial charge in [-0.15, -0.1) is 0 Å². The molecule has 0 radical (unpaired) electrons. The van der Waals surface area contributed by atoms with Crippen LogP contribution in [0.2, 0.25) is 0 Å². The van der Waals surface area contributed by atoms with E-state index in [1.807, 2.05) is 31.2 Å². The number of hydrogen-bond acceptors (Lipinski definition) is 3. The standard InChI is InChI=1S/C15H24N2O/c1-12(16)14-8-3-4-9-15(14)18-11-13-7-5-6-10-17(13)2/h3-4,8-9,12-13H,5-7,10-11,16H2,1-2H3/t12-,13?/m1/s1. The maximum absolute atomic E-state index is 5.99. The van der Waals surface area contributed by atoms with E-state index in [2.05, 4.69) is 11.9 Å². The highest BCUT2D eigenvalue weighted by molar-refractivity contribution is 5.35. The van der Waals surface area contributed by atoms with E-state index >= 15 is 0 Å². The molecule has 1 unspecified atom stereocenters. The van der Waals surface area contributed by atoms with Crippen LogP contribution in [0.15, 0.2) is 24.3 Å². The van der Waals surface area contributed by atoms with Crippen molar-refractivity contribution in [2.45, 2.75) is 38.3 Å². The summed E-state index contributed by atoms with van der Waals surface area (Å²) in [5.41, 5.74) is 7.05. The second-order valence-electron chi connectivity index (χ2n) is 5.27. The first-order valence-corrected chi connectivity index (χ1v) is 6.86. The molecule has 3 heteroatoms. The summed E-state index contributed by atoms with van der Waals surface area (Å²) in [6.07, 6.45) is 3.85.